The van der Waals surface area contributed by atoms with Gasteiger partial charge >= 0.3 is 0 Å². The smallest absolute Gasteiger partial charge is 0.219 e. The molecule has 20 heavy (non-hydrogen) atoms. The van der Waals surface area contributed by atoms with E-state index in [0.29, 0.717) is 32.6 Å². The minimum Gasteiger partial charge on any atom is -0.363 e. The van der Waals surface area contributed by atoms with E-state index in [0.717, 1.165) is 12.1 Å². The van der Waals surface area contributed by atoms with Crippen molar-refractivity contribution in [2.75, 3.05) is 36.4 Å². The fourth-order valence-electron chi connectivity index (χ4n) is 2.26. The molecule has 0 aromatic heterocycles. The molecule has 7 heteroatoms. The molecule has 5 nitrogen and oxygen atoms in total. The molecule has 1 aliphatic heterocycles. The summed E-state index contributed by atoms with van der Waals surface area (Å²) in [4.78, 5) is 24.7. The number of anilines is 2. The van der Waals surface area contributed by atoms with Crippen LogP contribution in [0.2, 0.25) is 0 Å². The number of halogens is 2. The van der Waals surface area contributed by atoms with E-state index in [4.69, 9.17) is 0 Å². The first-order valence-electron chi connectivity index (χ1n) is 6.22. The van der Waals surface area contributed by atoms with Crippen LogP contribution in [0.1, 0.15) is 6.92 Å². The van der Waals surface area contributed by atoms with Gasteiger partial charge in [-0.25, -0.2) is 8.78 Å². The Hall–Kier alpha value is -2.18. The summed E-state index contributed by atoms with van der Waals surface area (Å²) in [5.74, 6) is -1.51. The van der Waals surface area contributed by atoms with Gasteiger partial charge in [-0.1, -0.05) is 0 Å². The number of hydrogen-bond donors (Lipinski definition) is 1. The second-order valence-corrected chi connectivity index (χ2v) is 4.54. The van der Waals surface area contributed by atoms with Crippen LogP contribution in [0, 0.1) is 11.6 Å². The van der Waals surface area contributed by atoms with E-state index >= 15 is 0 Å². The highest BCUT2D eigenvalue weighted by atomic mass is 19.1. The van der Waals surface area contributed by atoms with Crippen LogP contribution in [-0.2, 0) is 9.59 Å². The number of piperazine rings is 1. The van der Waals surface area contributed by atoms with Crippen molar-refractivity contribution in [1.29, 1.82) is 0 Å². The Labute approximate surface area is 115 Å². The van der Waals surface area contributed by atoms with Gasteiger partial charge in [0.05, 0.1) is 0 Å². The van der Waals surface area contributed by atoms with Gasteiger partial charge in [-0.3, -0.25) is 9.59 Å². The highest BCUT2D eigenvalue weighted by molar-refractivity contribution is 5.74. The molecular formula is C13H15F2N3O2. The highest BCUT2D eigenvalue weighted by Crippen LogP contribution is 2.27. The van der Waals surface area contributed by atoms with E-state index in [-0.39, 0.29) is 17.3 Å². The van der Waals surface area contributed by atoms with Gasteiger partial charge in [-0.2, -0.15) is 0 Å². The average molecular weight is 283 g/mol. The number of rotatable bonds is 3. The summed E-state index contributed by atoms with van der Waals surface area (Å²) >= 11 is 0. The summed E-state index contributed by atoms with van der Waals surface area (Å²) in [6.45, 7) is 3.07. The summed E-state index contributed by atoms with van der Waals surface area (Å²) in [5, 5.41) is 2.21. The molecular weight excluding hydrogens is 268 g/mol. The zero-order chi connectivity index (χ0) is 14.7. The zero-order valence-electron chi connectivity index (χ0n) is 11.0. The van der Waals surface area contributed by atoms with Gasteiger partial charge in [0.1, 0.15) is 5.69 Å². The Kier molecular flexibility index (Phi) is 4.16. The van der Waals surface area contributed by atoms with Crippen molar-refractivity contribution in [2.24, 2.45) is 0 Å². The van der Waals surface area contributed by atoms with Crippen LogP contribution < -0.4 is 10.2 Å². The predicted octanol–water partition coefficient (Wildman–Crippen LogP) is 1.20. The van der Waals surface area contributed by atoms with E-state index in [9.17, 15) is 18.4 Å². The Balaban J connectivity index is 2.17. The second kappa shape index (κ2) is 5.85. The molecule has 1 saturated heterocycles. The Bertz CT molecular complexity index is 505. The summed E-state index contributed by atoms with van der Waals surface area (Å²) in [5.41, 5.74) is -0.0502. The van der Waals surface area contributed by atoms with Crippen LogP contribution in [0.4, 0.5) is 20.2 Å². The molecule has 0 bridgehead atoms. The first kappa shape index (κ1) is 14.2. The van der Waals surface area contributed by atoms with Crippen LogP contribution in [0.5, 0.6) is 0 Å². The maximum Gasteiger partial charge on any atom is 0.219 e. The molecule has 1 fully saturated rings. The number of benzene rings is 1. The standard InChI is InChI=1S/C13H15F2N3O2/c1-9(20)17-2-4-18(5-3-17)13-11(14)6-10(16-8-19)7-12(13)15/h6-8H,2-5H2,1H3,(H,16,19). The van der Waals surface area contributed by atoms with Gasteiger partial charge in [0.25, 0.3) is 0 Å². The summed E-state index contributed by atoms with van der Waals surface area (Å²) in [6, 6.07) is 2.15. The lowest BCUT2D eigenvalue weighted by atomic mass is 10.2. The molecule has 1 heterocycles. The van der Waals surface area contributed by atoms with Crippen LogP contribution in [0.15, 0.2) is 12.1 Å². The zero-order valence-corrected chi connectivity index (χ0v) is 11.0. The molecule has 1 aromatic rings. The Morgan fingerprint density at radius 2 is 1.75 bits per heavy atom. The third kappa shape index (κ3) is 2.87. The third-order valence-electron chi connectivity index (χ3n) is 3.28. The van der Waals surface area contributed by atoms with Crippen LogP contribution in [-0.4, -0.2) is 43.4 Å². The largest absolute Gasteiger partial charge is 0.363 e. The number of carbonyl (C=O) groups excluding carboxylic acids is 2. The van der Waals surface area contributed by atoms with Gasteiger partial charge < -0.3 is 15.1 Å². The first-order chi connectivity index (χ1) is 9.52. The van der Waals surface area contributed by atoms with Crippen LogP contribution in [0.25, 0.3) is 0 Å². The monoisotopic (exact) mass is 283 g/mol. The van der Waals surface area contributed by atoms with Gasteiger partial charge in [0.15, 0.2) is 11.6 Å². The van der Waals surface area contributed by atoms with Gasteiger partial charge in [0.2, 0.25) is 12.3 Å². The van der Waals surface area contributed by atoms with Crippen molar-refractivity contribution in [2.45, 2.75) is 6.92 Å². The lowest BCUT2D eigenvalue weighted by Gasteiger charge is -2.35. The maximum absolute atomic E-state index is 14.0. The van der Waals surface area contributed by atoms with Crippen molar-refractivity contribution >= 4 is 23.7 Å². The number of hydrogen-bond acceptors (Lipinski definition) is 3. The fourth-order valence-corrected chi connectivity index (χ4v) is 2.26. The predicted molar refractivity (Wildman–Crippen MR) is 70.5 cm³/mol. The molecule has 0 atom stereocenters. The number of carbonyl (C=O) groups is 2. The molecule has 0 saturated carbocycles. The molecule has 1 aromatic carbocycles. The molecule has 1 aliphatic rings. The fraction of sp³-hybridized carbons (Fsp3) is 0.385. The van der Waals surface area contributed by atoms with Crippen molar-refractivity contribution in [3.05, 3.63) is 23.8 Å². The number of nitrogens with zero attached hydrogens (tertiary/aromatic N) is 2. The number of nitrogens with one attached hydrogen (secondary N) is 1. The van der Waals surface area contributed by atoms with Crippen molar-refractivity contribution in [3.8, 4) is 0 Å². The van der Waals surface area contributed by atoms with Crippen molar-refractivity contribution < 1.29 is 18.4 Å². The molecule has 0 aliphatic carbocycles. The molecule has 0 unspecified atom stereocenters. The summed E-state index contributed by atoms with van der Waals surface area (Å²) in [7, 11) is 0. The quantitative estimate of drug-likeness (QED) is 0.848. The second-order valence-electron chi connectivity index (χ2n) is 4.54. The number of amides is 2. The van der Waals surface area contributed by atoms with Gasteiger partial charge in [-0.05, 0) is 12.1 Å². The highest BCUT2D eigenvalue weighted by Gasteiger charge is 2.23. The van der Waals surface area contributed by atoms with Crippen molar-refractivity contribution in [1.82, 2.24) is 4.90 Å². The summed E-state index contributed by atoms with van der Waals surface area (Å²) in [6.07, 6.45) is 0.361. The first-order valence-corrected chi connectivity index (χ1v) is 6.22. The summed E-state index contributed by atoms with van der Waals surface area (Å²) < 4.78 is 27.9. The maximum atomic E-state index is 14.0. The van der Waals surface area contributed by atoms with E-state index in [1.165, 1.54) is 6.92 Å². The minimum atomic E-state index is -0.731. The molecule has 108 valence electrons. The van der Waals surface area contributed by atoms with E-state index in [2.05, 4.69) is 5.32 Å². The van der Waals surface area contributed by atoms with E-state index in [1.807, 2.05) is 0 Å². The van der Waals surface area contributed by atoms with E-state index in [1.54, 1.807) is 9.80 Å². The van der Waals surface area contributed by atoms with Crippen LogP contribution in [0.3, 0.4) is 0 Å². The average Bonchev–Trinajstić information content (AvgIpc) is 2.39. The topological polar surface area (TPSA) is 52.7 Å². The SMILES string of the molecule is CC(=O)N1CCN(c2c(F)cc(NC=O)cc2F)CC1. The molecule has 1 N–H and O–H groups in total. The lowest BCUT2D eigenvalue weighted by Crippen LogP contribution is -2.48. The molecule has 0 radical (unpaired) electrons. The van der Waals surface area contributed by atoms with Crippen molar-refractivity contribution in [3.63, 3.8) is 0 Å². The third-order valence-corrected chi connectivity index (χ3v) is 3.28. The lowest BCUT2D eigenvalue weighted by molar-refractivity contribution is -0.129. The van der Waals surface area contributed by atoms with Gasteiger partial charge in [-0.15, -0.1) is 0 Å². The van der Waals surface area contributed by atoms with Gasteiger partial charge in [0, 0.05) is 38.8 Å². The van der Waals surface area contributed by atoms with E-state index < -0.39 is 11.6 Å². The normalized spacial score (nSPS) is 15.2. The molecule has 2 amide bonds. The Morgan fingerprint density at radius 1 is 1.20 bits per heavy atom. The molecule has 2 rings (SSSR count). The van der Waals surface area contributed by atoms with Crippen LogP contribution >= 0.6 is 0 Å². The molecule has 0 spiro atoms. The Morgan fingerprint density at radius 3 is 2.20 bits per heavy atom. The minimum absolute atomic E-state index is 0.0453.